The van der Waals surface area contributed by atoms with Gasteiger partial charge in [0.2, 0.25) is 0 Å². The van der Waals surface area contributed by atoms with E-state index in [1.807, 2.05) is 12.1 Å². The van der Waals surface area contributed by atoms with E-state index >= 15 is 0 Å². The molecule has 0 radical (unpaired) electrons. The van der Waals surface area contributed by atoms with Crippen LogP contribution in [0, 0.1) is 16.7 Å². The molecule has 4 atom stereocenters. The van der Waals surface area contributed by atoms with E-state index in [0.717, 1.165) is 24.8 Å². The van der Waals surface area contributed by atoms with Crippen LogP contribution in [0.25, 0.3) is 0 Å². The first kappa shape index (κ1) is 19.4. The molecular formula is C23H28O4. The molecule has 0 N–H and O–H groups in total. The van der Waals surface area contributed by atoms with E-state index in [1.54, 1.807) is 0 Å². The van der Waals surface area contributed by atoms with Crippen LogP contribution in [0.4, 0.5) is 0 Å². The Morgan fingerprint density at radius 2 is 1.89 bits per heavy atom. The van der Waals surface area contributed by atoms with Gasteiger partial charge in [0, 0.05) is 17.6 Å². The summed E-state index contributed by atoms with van der Waals surface area (Å²) in [7, 11) is 0. The molecule has 2 aliphatic carbocycles. The van der Waals surface area contributed by atoms with Gasteiger partial charge in [-0.2, -0.15) is 0 Å². The second kappa shape index (κ2) is 7.34. The van der Waals surface area contributed by atoms with Gasteiger partial charge in [0.15, 0.2) is 0 Å². The molecule has 2 bridgehead atoms. The van der Waals surface area contributed by atoms with Crippen LogP contribution in [-0.2, 0) is 32.1 Å². The van der Waals surface area contributed by atoms with E-state index in [-0.39, 0.29) is 29.5 Å². The summed E-state index contributed by atoms with van der Waals surface area (Å²) in [6, 6.07) is 8.19. The Labute approximate surface area is 161 Å². The zero-order valence-electron chi connectivity index (χ0n) is 16.2. The van der Waals surface area contributed by atoms with Gasteiger partial charge < -0.3 is 9.47 Å². The monoisotopic (exact) mass is 368 g/mol. The average Bonchev–Trinajstić information content (AvgIpc) is 3.01. The van der Waals surface area contributed by atoms with Crippen LogP contribution in [0.2, 0.25) is 0 Å². The highest BCUT2D eigenvalue weighted by molar-refractivity contribution is 5.81. The summed E-state index contributed by atoms with van der Waals surface area (Å²) in [6.45, 7) is 11.8. The number of ether oxygens (including phenoxy) is 2. The quantitative estimate of drug-likeness (QED) is 0.529. The SMILES string of the molecule is C=CC(=O)OCc1cccc(CC2(C)C3CCC2(C)C(OC(=O)C=C)C3)c1. The maximum atomic E-state index is 11.8. The maximum absolute atomic E-state index is 11.8. The first-order valence-electron chi connectivity index (χ1n) is 9.52. The first-order chi connectivity index (χ1) is 12.8. The van der Waals surface area contributed by atoms with Crippen LogP contribution < -0.4 is 0 Å². The van der Waals surface area contributed by atoms with Crippen molar-refractivity contribution in [3.8, 4) is 0 Å². The van der Waals surface area contributed by atoms with Gasteiger partial charge in [0.1, 0.15) is 12.7 Å². The van der Waals surface area contributed by atoms with Gasteiger partial charge in [0.25, 0.3) is 0 Å². The van der Waals surface area contributed by atoms with E-state index in [9.17, 15) is 9.59 Å². The van der Waals surface area contributed by atoms with Crippen LogP contribution in [0.3, 0.4) is 0 Å². The van der Waals surface area contributed by atoms with Crippen LogP contribution in [0.5, 0.6) is 0 Å². The molecule has 1 aromatic rings. The number of carbonyl (C=O) groups excluding carboxylic acids is 2. The van der Waals surface area contributed by atoms with Crippen molar-refractivity contribution in [1.29, 1.82) is 0 Å². The van der Waals surface area contributed by atoms with Crippen LogP contribution >= 0.6 is 0 Å². The van der Waals surface area contributed by atoms with Crippen molar-refractivity contribution < 1.29 is 19.1 Å². The number of fused-ring (bicyclic) bond motifs is 2. The lowest BCUT2D eigenvalue weighted by atomic mass is 9.65. The zero-order valence-corrected chi connectivity index (χ0v) is 16.2. The van der Waals surface area contributed by atoms with Crippen molar-refractivity contribution in [3.05, 3.63) is 60.7 Å². The second-order valence-corrected chi connectivity index (χ2v) is 8.24. The molecule has 2 aliphatic rings. The van der Waals surface area contributed by atoms with Crippen LogP contribution in [0.15, 0.2) is 49.6 Å². The van der Waals surface area contributed by atoms with Gasteiger partial charge in [-0.25, -0.2) is 9.59 Å². The van der Waals surface area contributed by atoms with Gasteiger partial charge in [-0.1, -0.05) is 51.3 Å². The topological polar surface area (TPSA) is 52.6 Å². The summed E-state index contributed by atoms with van der Waals surface area (Å²) in [5.41, 5.74) is 2.21. The van der Waals surface area contributed by atoms with Crippen molar-refractivity contribution in [2.45, 2.75) is 52.2 Å². The third kappa shape index (κ3) is 3.45. The molecule has 0 saturated heterocycles. The molecule has 2 saturated carbocycles. The smallest absolute Gasteiger partial charge is 0.330 e. The lowest BCUT2D eigenvalue weighted by molar-refractivity contribution is -0.151. The van der Waals surface area contributed by atoms with Gasteiger partial charge in [-0.05, 0) is 48.1 Å². The fourth-order valence-electron chi connectivity index (χ4n) is 5.15. The number of rotatable bonds is 7. The number of esters is 2. The summed E-state index contributed by atoms with van der Waals surface area (Å²) in [5, 5.41) is 0. The molecule has 2 fully saturated rings. The van der Waals surface area contributed by atoms with Gasteiger partial charge in [-0.15, -0.1) is 0 Å². The molecule has 1 aromatic carbocycles. The zero-order chi connectivity index (χ0) is 19.7. The second-order valence-electron chi connectivity index (χ2n) is 8.24. The van der Waals surface area contributed by atoms with E-state index in [0.29, 0.717) is 5.92 Å². The lowest BCUT2D eigenvalue weighted by Crippen LogP contribution is -2.40. The number of benzene rings is 1. The maximum Gasteiger partial charge on any atom is 0.330 e. The fraction of sp³-hybridized carbons (Fsp3) is 0.478. The normalized spacial score (nSPS) is 31.3. The Morgan fingerprint density at radius 1 is 1.19 bits per heavy atom. The predicted molar refractivity (Wildman–Crippen MR) is 104 cm³/mol. The summed E-state index contributed by atoms with van der Waals surface area (Å²) in [5.74, 6) is -0.213. The lowest BCUT2D eigenvalue weighted by Gasteiger charge is -2.41. The minimum Gasteiger partial charge on any atom is -0.459 e. The molecule has 3 rings (SSSR count). The Balaban J connectivity index is 1.77. The average molecular weight is 368 g/mol. The molecule has 27 heavy (non-hydrogen) atoms. The molecule has 0 amide bonds. The summed E-state index contributed by atoms with van der Waals surface area (Å²) >= 11 is 0. The molecule has 0 spiro atoms. The van der Waals surface area contributed by atoms with Gasteiger partial charge >= 0.3 is 11.9 Å². The molecule has 0 heterocycles. The highest BCUT2D eigenvalue weighted by Gasteiger charge is 2.64. The van der Waals surface area contributed by atoms with E-state index in [2.05, 4.69) is 39.1 Å². The van der Waals surface area contributed by atoms with Gasteiger partial charge in [0.05, 0.1) is 0 Å². The molecule has 4 nitrogen and oxygen atoms in total. The molecule has 0 aliphatic heterocycles. The van der Waals surface area contributed by atoms with Crippen molar-refractivity contribution in [1.82, 2.24) is 0 Å². The largest absolute Gasteiger partial charge is 0.459 e. The Kier molecular flexibility index (Phi) is 5.27. The number of hydrogen-bond donors (Lipinski definition) is 0. The van der Waals surface area contributed by atoms with Gasteiger partial charge in [-0.3, -0.25) is 0 Å². The molecule has 0 aromatic heterocycles. The third-order valence-electron chi connectivity index (χ3n) is 6.96. The highest BCUT2D eigenvalue weighted by atomic mass is 16.5. The Hall–Kier alpha value is -2.36. The van der Waals surface area contributed by atoms with E-state index in [4.69, 9.17) is 9.47 Å². The van der Waals surface area contributed by atoms with E-state index in [1.165, 1.54) is 24.1 Å². The number of hydrogen-bond acceptors (Lipinski definition) is 4. The third-order valence-corrected chi connectivity index (χ3v) is 6.96. The Bertz CT molecular complexity index is 767. The molecule has 4 unspecified atom stereocenters. The summed E-state index contributed by atoms with van der Waals surface area (Å²) in [4.78, 5) is 23.1. The van der Waals surface area contributed by atoms with Crippen molar-refractivity contribution >= 4 is 11.9 Å². The molecular weight excluding hydrogens is 340 g/mol. The first-order valence-corrected chi connectivity index (χ1v) is 9.52. The predicted octanol–water partition coefficient (Wildman–Crippen LogP) is 4.38. The van der Waals surface area contributed by atoms with Crippen LogP contribution in [0.1, 0.15) is 44.2 Å². The van der Waals surface area contributed by atoms with Crippen LogP contribution in [-0.4, -0.2) is 18.0 Å². The molecule has 4 heteroatoms. The van der Waals surface area contributed by atoms with E-state index < -0.39 is 5.97 Å². The highest BCUT2D eigenvalue weighted by Crippen LogP contribution is 2.67. The van der Waals surface area contributed by atoms with Crippen molar-refractivity contribution in [3.63, 3.8) is 0 Å². The standard InChI is InChI=1S/C23H28O4/c1-5-20(24)26-15-17-9-7-8-16(12-17)14-23(4)18-10-11-22(23,3)19(13-18)27-21(25)6-2/h5-9,12,18-19H,1-2,10-11,13-15H2,3-4H3. The molecule has 144 valence electrons. The Morgan fingerprint density at radius 3 is 2.59 bits per heavy atom. The number of carbonyl (C=O) groups is 2. The summed E-state index contributed by atoms with van der Waals surface area (Å²) < 4.78 is 10.9. The summed E-state index contributed by atoms with van der Waals surface area (Å²) in [6.07, 6.45) is 6.45. The minimum atomic E-state index is -0.416. The minimum absolute atomic E-state index is 0.0400. The van der Waals surface area contributed by atoms with Crippen molar-refractivity contribution in [2.75, 3.05) is 0 Å². The fourth-order valence-corrected chi connectivity index (χ4v) is 5.15. The van der Waals surface area contributed by atoms with Crippen molar-refractivity contribution in [2.24, 2.45) is 16.7 Å².